The van der Waals surface area contributed by atoms with E-state index in [2.05, 4.69) is 5.32 Å². The third kappa shape index (κ3) is 4.23. The number of carbonyl (C=O) groups is 1. The van der Waals surface area contributed by atoms with Crippen LogP contribution in [0.15, 0.2) is 36.4 Å². The van der Waals surface area contributed by atoms with E-state index < -0.39 is 16.9 Å². The summed E-state index contributed by atoms with van der Waals surface area (Å²) in [6.45, 7) is 5.07. The first-order valence-electron chi connectivity index (χ1n) is 7.26. The van der Waals surface area contributed by atoms with E-state index in [9.17, 15) is 14.9 Å². The highest BCUT2D eigenvalue weighted by molar-refractivity contribution is 6.30. The molecule has 1 atom stereocenters. The summed E-state index contributed by atoms with van der Waals surface area (Å²) in [4.78, 5) is 22.7. The molecule has 0 aliphatic rings. The van der Waals surface area contributed by atoms with Gasteiger partial charge in [-0.1, -0.05) is 17.7 Å². The molecule has 1 amide bonds. The van der Waals surface area contributed by atoms with Crippen LogP contribution in [-0.2, 0) is 4.79 Å². The normalized spacial score (nSPS) is 11.7. The van der Waals surface area contributed by atoms with E-state index in [1.54, 1.807) is 44.2 Å². The van der Waals surface area contributed by atoms with Gasteiger partial charge in [-0.2, -0.15) is 0 Å². The van der Waals surface area contributed by atoms with Gasteiger partial charge in [-0.3, -0.25) is 14.9 Å². The molecule has 0 saturated carbocycles. The minimum Gasteiger partial charge on any atom is -0.481 e. The zero-order valence-corrected chi connectivity index (χ0v) is 14.3. The molecule has 2 aromatic rings. The third-order valence-corrected chi connectivity index (χ3v) is 3.72. The van der Waals surface area contributed by atoms with Gasteiger partial charge in [0.2, 0.25) is 0 Å². The number of rotatable bonds is 5. The van der Waals surface area contributed by atoms with Crippen LogP contribution in [0.2, 0.25) is 5.02 Å². The average Bonchev–Trinajstić information content (AvgIpc) is 2.51. The Kier molecular flexibility index (Phi) is 5.41. The van der Waals surface area contributed by atoms with Crippen LogP contribution in [0.25, 0.3) is 0 Å². The smallest absolute Gasteiger partial charge is 0.274 e. The molecule has 0 aliphatic heterocycles. The van der Waals surface area contributed by atoms with E-state index in [1.807, 2.05) is 6.92 Å². The summed E-state index contributed by atoms with van der Waals surface area (Å²) in [5.41, 5.74) is 1.64. The summed E-state index contributed by atoms with van der Waals surface area (Å²) in [5.74, 6) is 0.152. The standard InChI is InChI=1S/C17H17ClN2O4/c1-10-4-6-14(9-15(10)20(22)23)19-17(21)12(3)24-16-7-5-13(18)8-11(16)2/h4-9,12H,1-3H3,(H,19,21)/t12-/m0/s1. The number of halogens is 1. The Hall–Kier alpha value is -2.60. The summed E-state index contributed by atoms with van der Waals surface area (Å²) in [5, 5.41) is 14.2. The molecule has 0 aliphatic carbocycles. The summed E-state index contributed by atoms with van der Waals surface area (Å²) in [6, 6.07) is 9.64. The van der Waals surface area contributed by atoms with Crippen molar-refractivity contribution < 1.29 is 14.5 Å². The van der Waals surface area contributed by atoms with Crippen LogP contribution in [0, 0.1) is 24.0 Å². The molecule has 0 aromatic heterocycles. The van der Waals surface area contributed by atoms with Crippen molar-refractivity contribution in [2.75, 3.05) is 5.32 Å². The van der Waals surface area contributed by atoms with Crippen LogP contribution in [0.5, 0.6) is 5.75 Å². The topological polar surface area (TPSA) is 81.5 Å². The van der Waals surface area contributed by atoms with E-state index >= 15 is 0 Å². The van der Waals surface area contributed by atoms with E-state index in [4.69, 9.17) is 16.3 Å². The zero-order chi connectivity index (χ0) is 17.9. The van der Waals surface area contributed by atoms with Gasteiger partial charge in [-0.25, -0.2) is 0 Å². The Morgan fingerprint density at radius 2 is 1.92 bits per heavy atom. The van der Waals surface area contributed by atoms with Gasteiger partial charge in [0.1, 0.15) is 5.75 Å². The predicted octanol–water partition coefficient (Wildman–Crippen LogP) is 4.27. The molecule has 0 heterocycles. The van der Waals surface area contributed by atoms with E-state index in [-0.39, 0.29) is 5.69 Å². The number of amides is 1. The number of hydrogen-bond donors (Lipinski definition) is 1. The minimum absolute atomic E-state index is 0.0464. The van der Waals surface area contributed by atoms with Gasteiger partial charge in [-0.15, -0.1) is 0 Å². The number of carbonyl (C=O) groups excluding carboxylic acids is 1. The molecular weight excluding hydrogens is 332 g/mol. The van der Waals surface area contributed by atoms with Gasteiger partial charge in [-0.05, 0) is 50.6 Å². The third-order valence-electron chi connectivity index (χ3n) is 3.48. The Morgan fingerprint density at radius 1 is 1.21 bits per heavy atom. The van der Waals surface area contributed by atoms with Gasteiger partial charge >= 0.3 is 0 Å². The van der Waals surface area contributed by atoms with Crippen molar-refractivity contribution in [3.63, 3.8) is 0 Å². The van der Waals surface area contributed by atoms with Crippen molar-refractivity contribution in [2.24, 2.45) is 0 Å². The van der Waals surface area contributed by atoms with Gasteiger partial charge in [0.25, 0.3) is 11.6 Å². The van der Waals surface area contributed by atoms with Crippen LogP contribution in [0.3, 0.4) is 0 Å². The van der Waals surface area contributed by atoms with E-state index in [0.29, 0.717) is 22.0 Å². The van der Waals surface area contributed by atoms with Crippen molar-refractivity contribution in [1.82, 2.24) is 0 Å². The van der Waals surface area contributed by atoms with E-state index in [0.717, 1.165) is 5.56 Å². The minimum atomic E-state index is -0.773. The lowest BCUT2D eigenvalue weighted by Gasteiger charge is -2.16. The van der Waals surface area contributed by atoms with Crippen molar-refractivity contribution >= 4 is 28.9 Å². The molecule has 7 heteroatoms. The number of nitrogens with one attached hydrogen (secondary N) is 1. The van der Waals surface area contributed by atoms with Crippen LogP contribution < -0.4 is 10.1 Å². The molecule has 126 valence electrons. The highest BCUT2D eigenvalue weighted by atomic mass is 35.5. The van der Waals surface area contributed by atoms with Crippen LogP contribution in [0.1, 0.15) is 18.1 Å². The van der Waals surface area contributed by atoms with Gasteiger partial charge < -0.3 is 10.1 Å². The molecule has 2 rings (SSSR count). The number of nitrogens with zero attached hydrogens (tertiary/aromatic N) is 1. The Balaban J connectivity index is 2.09. The first-order chi connectivity index (χ1) is 11.3. The maximum atomic E-state index is 12.2. The van der Waals surface area contributed by atoms with Gasteiger partial charge in [0, 0.05) is 22.3 Å². The van der Waals surface area contributed by atoms with Crippen molar-refractivity contribution in [1.29, 1.82) is 0 Å². The molecule has 1 N–H and O–H groups in total. The van der Waals surface area contributed by atoms with Crippen LogP contribution in [0.4, 0.5) is 11.4 Å². The lowest BCUT2D eigenvalue weighted by Crippen LogP contribution is -2.30. The first-order valence-corrected chi connectivity index (χ1v) is 7.64. The zero-order valence-electron chi connectivity index (χ0n) is 13.5. The fourth-order valence-electron chi connectivity index (χ4n) is 2.12. The summed E-state index contributed by atoms with van der Waals surface area (Å²) in [7, 11) is 0. The van der Waals surface area contributed by atoms with Crippen LogP contribution >= 0.6 is 11.6 Å². The SMILES string of the molecule is Cc1cc(Cl)ccc1O[C@@H](C)C(=O)Nc1ccc(C)c([N+](=O)[O-])c1. The number of ether oxygens (including phenoxy) is 1. The molecule has 0 spiro atoms. The summed E-state index contributed by atoms with van der Waals surface area (Å²) in [6.07, 6.45) is -0.773. The number of nitro groups is 1. The molecule has 0 saturated heterocycles. The average molecular weight is 349 g/mol. The molecule has 0 bridgehead atoms. The maximum absolute atomic E-state index is 12.2. The maximum Gasteiger partial charge on any atom is 0.274 e. The second-order valence-corrected chi connectivity index (χ2v) is 5.85. The summed E-state index contributed by atoms with van der Waals surface area (Å²) < 4.78 is 5.63. The van der Waals surface area contributed by atoms with Crippen molar-refractivity contribution in [3.8, 4) is 5.75 Å². The Morgan fingerprint density at radius 3 is 2.54 bits per heavy atom. The molecule has 24 heavy (non-hydrogen) atoms. The van der Waals surface area contributed by atoms with Gasteiger partial charge in [0.15, 0.2) is 6.10 Å². The predicted molar refractivity (Wildman–Crippen MR) is 92.7 cm³/mol. The molecule has 0 radical (unpaired) electrons. The first kappa shape index (κ1) is 17.7. The van der Waals surface area contributed by atoms with Gasteiger partial charge in [0.05, 0.1) is 4.92 Å². The number of hydrogen-bond acceptors (Lipinski definition) is 4. The van der Waals surface area contributed by atoms with Crippen molar-refractivity contribution in [2.45, 2.75) is 26.9 Å². The molecule has 0 fully saturated rings. The largest absolute Gasteiger partial charge is 0.481 e. The molecule has 0 unspecified atom stereocenters. The monoisotopic (exact) mass is 348 g/mol. The second kappa shape index (κ2) is 7.31. The quantitative estimate of drug-likeness (QED) is 0.646. The molecule has 6 nitrogen and oxygen atoms in total. The van der Waals surface area contributed by atoms with Crippen molar-refractivity contribution in [3.05, 3.63) is 62.7 Å². The lowest BCUT2D eigenvalue weighted by atomic mass is 10.2. The van der Waals surface area contributed by atoms with Crippen LogP contribution in [-0.4, -0.2) is 16.9 Å². The second-order valence-electron chi connectivity index (χ2n) is 5.42. The fraction of sp³-hybridized carbons (Fsp3) is 0.235. The highest BCUT2D eigenvalue weighted by Gasteiger charge is 2.18. The summed E-state index contributed by atoms with van der Waals surface area (Å²) >= 11 is 5.89. The number of aryl methyl sites for hydroxylation is 2. The Labute approximate surface area is 144 Å². The highest BCUT2D eigenvalue weighted by Crippen LogP contribution is 2.24. The number of benzene rings is 2. The molecular formula is C17H17ClN2O4. The fourth-order valence-corrected chi connectivity index (χ4v) is 2.34. The van der Waals surface area contributed by atoms with E-state index in [1.165, 1.54) is 6.07 Å². The molecule has 2 aromatic carbocycles. The Bertz CT molecular complexity index is 792. The number of nitro benzene ring substituents is 1. The number of anilines is 1. The lowest BCUT2D eigenvalue weighted by molar-refractivity contribution is -0.385.